The first-order valence-electron chi connectivity index (χ1n) is 12.9. The molecule has 0 heterocycles. The minimum absolute atomic E-state index is 0. The van der Waals surface area contributed by atoms with E-state index >= 15 is 0 Å². The number of carbonyl (C=O) groups excluding carboxylic acids is 3. The molecule has 8 N–H and O–H groups in total. The largest absolute Gasteiger partial charge is 0.508 e. The standard InChI is InChI=1S/C29H31N3O8.CH4/c1-32(2)19-9-15(12-31-11-13-4-3-5-17(33)6-13)24(35)22-18(19)8-14-7-16-10-20(34)23(28(30)39)27(38)29(16,40)26(37)21(14)25(22)36;/h3-6,9,14,16,31,33,35-36,38,40H,7-8,10-12H2,1-2H3,(H2,30,39);1H4/t14-,16+,29+;/m1./s1. The maximum Gasteiger partial charge on any atom is 0.255 e. The summed E-state index contributed by atoms with van der Waals surface area (Å²) in [5, 5.41) is 57.8. The molecule has 3 atom stereocenters. The molecule has 0 aliphatic heterocycles. The SMILES string of the molecule is C.CN(C)c1cc(CNCc2cccc(O)c2)c(O)c2c1C[C@H]1C[C@H]3CC(=O)C(C(N)=O)=C(O)[C@@]3(O)C(=O)C1=C2O. The first-order valence-corrected chi connectivity index (χ1v) is 12.9. The van der Waals surface area contributed by atoms with E-state index in [0.29, 0.717) is 23.4 Å². The van der Waals surface area contributed by atoms with Gasteiger partial charge in [-0.3, -0.25) is 14.4 Å². The predicted molar refractivity (Wildman–Crippen MR) is 151 cm³/mol. The van der Waals surface area contributed by atoms with Crippen LogP contribution >= 0.6 is 0 Å². The Morgan fingerprint density at radius 1 is 1.10 bits per heavy atom. The van der Waals surface area contributed by atoms with Gasteiger partial charge in [-0.1, -0.05) is 19.6 Å². The molecule has 41 heavy (non-hydrogen) atoms. The van der Waals surface area contributed by atoms with Gasteiger partial charge in [-0.2, -0.15) is 0 Å². The Bertz CT molecular complexity index is 1530. The van der Waals surface area contributed by atoms with Crippen LogP contribution in [0, 0.1) is 11.8 Å². The number of phenolic OH excluding ortho intramolecular Hbond substituents is 2. The van der Waals surface area contributed by atoms with Gasteiger partial charge in [0.05, 0.1) is 5.56 Å². The Morgan fingerprint density at radius 2 is 1.80 bits per heavy atom. The van der Waals surface area contributed by atoms with Crippen molar-refractivity contribution in [3.8, 4) is 11.5 Å². The highest BCUT2D eigenvalue weighted by Gasteiger charge is 2.60. The fourth-order valence-electron chi connectivity index (χ4n) is 6.27. The number of rotatable bonds is 6. The molecule has 5 rings (SSSR count). The first-order chi connectivity index (χ1) is 18.9. The molecule has 11 nitrogen and oxygen atoms in total. The van der Waals surface area contributed by atoms with Crippen LogP contribution in [-0.4, -0.2) is 62.7 Å². The quantitative estimate of drug-likeness (QED) is 0.255. The lowest BCUT2D eigenvalue weighted by atomic mass is 9.59. The second-order valence-corrected chi connectivity index (χ2v) is 10.8. The predicted octanol–water partition coefficient (Wildman–Crippen LogP) is 2.12. The lowest BCUT2D eigenvalue weighted by molar-refractivity contribution is -0.147. The van der Waals surface area contributed by atoms with Gasteiger partial charge in [-0.15, -0.1) is 0 Å². The number of nitrogens with zero attached hydrogens (tertiary/aromatic N) is 1. The van der Waals surface area contributed by atoms with Crippen molar-refractivity contribution in [3.05, 3.63) is 69.5 Å². The van der Waals surface area contributed by atoms with Crippen LogP contribution in [0.3, 0.4) is 0 Å². The fraction of sp³-hybridized carbons (Fsp3) is 0.367. The third-order valence-electron chi connectivity index (χ3n) is 8.16. The van der Waals surface area contributed by atoms with Crippen molar-refractivity contribution in [2.24, 2.45) is 17.6 Å². The van der Waals surface area contributed by atoms with E-state index in [1.807, 2.05) is 25.1 Å². The zero-order chi connectivity index (χ0) is 29.1. The highest BCUT2D eigenvalue weighted by Crippen LogP contribution is 2.53. The van der Waals surface area contributed by atoms with Gasteiger partial charge in [0.1, 0.15) is 28.6 Å². The normalized spacial score (nSPS) is 23.4. The van der Waals surface area contributed by atoms with Gasteiger partial charge in [0.2, 0.25) is 5.78 Å². The number of primary amides is 1. The van der Waals surface area contributed by atoms with Crippen LogP contribution in [0.25, 0.3) is 5.76 Å². The molecule has 0 unspecified atom stereocenters. The van der Waals surface area contributed by atoms with Crippen molar-refractivity contribution >= 4 is 28.9 Å². The Hall–Kier alpha value is -4.35. The number of phenols is 2. The molecule has 1 fully saturated rings. The van der Waals surface area contributed by atoms with Gasteiger partial charge in [0.15, 0.2) is 11.4 Å². The molecule has 0 spiro atoms. The molecule has 3 aliphatic carbocycles. The van der Waals surface area contributed by atoms with E-state index in [1.54, 1.807) is 24.3 Å². The minimum atomic E-state index is -2.60. The number of aromatic hydroxyl groups is 2. The lowest BCUT2D eigenvalue weighted by Crippen LogP contribution is -2.58. The number of amides is 1. The second-order valence-electron chi connectivity index (χ2n) is 10.8. The third-order valence-corrected chi connectivity index (χ3v) is 8.16. The summed E-state index contributed by atoms with van der Waals surface area (Å²) in [6.45, 7) is 0.575. The number of fused-ring (bicyclic) bond motifs is 3. The summed E-state index contributed by atoms with van der Waals surface area (Å²) < 4.78 is 0. The van der Waals surface area contributed by atoms with Crippen molar-refractivity contribution in [1.82, 2.24) is 5.32 Å². The summed E-state index contributed by atoms with van der Waals surface area (Å²) >= 11 is 0. The van der Waals surface area contributed by atoms with Crippen LogP contribution in [-0.2, 0) is 33.9 Å². The van der Waals surface area contributed by atoms with Crippen LogP contribution in [0.15, 0.2) is 47.2 Å². The zero-order valence-electron chi connectivity index (χ0n) is 22.1. The van der Waals surface area contributed by atoms with Gasteiger partial charge in [-0.05, 0) is 48.1 Å². The van der Waals surface area contributed by atoms with Gasteiger partial charge in [0.25, 0.3) is 5.91 Å². The van der Waals surface area contributed by atoms with Crippen LogP contribution in [0.4, 0.5) is 5.69 Å². The van der Waals surface area contributed by atoms with E-state index in [2.05, 4.69) is 5.32 Å². The molecule has 0 aromatic heterocycles. The van der Waals surface area contributed by atoms with Gasteiger partial charge < -0.3 is 41.5 Å². The average Bonchev–Trinajstić information content (AvgIpc) is 2.87. The molecule has 3 aliphatic rings. The number of nitrogens with one attached hydrogen (secondary N) is 1. The molecule has 11 heteroatoms. The molecular weight excluding hydrogens is 530 g/mol. The van der Waals surface area contributed by atoms with E-state index in [1.165, 1.54) is 0 Å². The summed E-state index contributed by atoms with van der Waals surface area (Å²) in [6.07, 6.45) is -0.0617. The van der Waals surface area contributed by atoms with Crippen LogP contribution in [0.1, 0.15) is 42.5 Å². The Kier molecular flexibility index (Phi) is 7.63. The number of Topliss-reactive ketones (excluding diaryl/α,β-unsaturated/α-hetero) is 2. The second kappa shape index (κ2) is 10.6. The van der Waals surface area contributed by atoms with Crippen LogP contribution in [0.5, 0.6) is 11.5 Å². The molecule has 1 amide bonds. The number of hydrogen-bond donors (Lipinski definition) is 7. The number of ketones is 2. The smallest absolute Gasteiger partial charge is 0.255 e. The van der Waals surface area contributed by atoms with E-state index in [-0.39, 0.29) is 55.9 Å². The Balaban J connectivity index is 0.00000387. The minimum Gasteiger partial charge on any atom is -0.508 e. The Morgan fingerprint density at radius 3 is 2.44 bits per heavy atom. The lowest BCUT2D eigenvalue weighted by Gasteiger charge is -2.46. The fourth-order valence-corrected chi connectivity index (χ4v) is 6.27. The number of anilines is 1. The van der Waals surface area contributed by atoms with Crippen molar-refractivity contribution in [2.75, 3.05) is 19.0 Å². The van der Waals surface area contributed by atoms with E-state index in [0.717, 1.165) is 5.56 Å². The van der Waals surface area contributed by atoms with Crippen LogP contribution < -0.4 is 16.0 Å². The van der Waals surface area contributed by atoms with Crippen molar-refractivity contribution in [3.63, 3.8) is 0 Å². The van der Waals surface area contributed by atoms with Crippen molar-refractivity contribution in [2.45, 2.75) is 45.4 Å². The summed E-state index contributed by atoms with van der Waals surface area (Å²) in [4.78, 5) is 39.9. The highest BCUT2D eigenvalue weighted by atomic mass is 16.3. The molecule has 2 aromatic rings. The monoisotopic (exact) mass is 565 g/mol. The maximum atomic E-state index is 13.7. The van der Waals surface area contributed by atoms with Gasteiger partial charge in [-0.25, -0.2) is 0 Å². The third kappa shape index (κ3) is 4.60. The number of carbonyl (C=O) groups is 3. The maximum absolute atomic E-state index is 13.7. The first kappa shape index (κ1) is 29.6. The molecule has 0 saturated heterocycles. The van der Waals surface area contributed by atoms with E-state index in [4.69, 9.17) is 5.73 Å². The Labute approximate surface area is 237 Å². The molecule has 1 saturated carbocycles. The number of aliphatic hydroxyl groups is 3. The van der Waals surface area contributed by atoms with Crippen LogP contribution in [0.2, 0.25) is 0 Å². The highest BCUT2D eigenvalue weighted by molar-refractivity contribution is 6.22. The number of hydrogen-bond acceptors (Lipinski definition) is 10. The van der Waals surface area contributed by atoms with Crippen molar-refractivity contribution < 1.29 is 39.9 Å². The van der Waals surface area contributed by atoms with Crippen molar-refractivity contribution in [1.29, 1.82) is 0 Å². The molecular formula is C30H35N3O8. The molecule has 218 valence electrons. The summed E-state index contributed by atoms with van der Waals surface area (Å²) in [5.74, 6) is -6.40. The topological polar surface area (TPSA) is 194 Å². The van der Waals surface area contributed by atoms with Gasteiger partial charge in [0, 0.05) is 56.3 Å². The van der Waals surface area contributed by atoms with E-state index in [9.17, 15) is 39.9 Å². The van der Waals surface area contributed by atoms with Gasteiger partial charge >= 0.3 is 0 Å². The zero-order valence-corrected chi connectivity index (χ0v) is 22.1. The summed E-state index contributed by atoms with van der Waals surface area (Å²) in [7, 11) is 3.62. The number of nitrogens with two attached hydrogens (primary N) is 1. The number of aliphatic hydroxyl groups excluding tert-OH is 2. The summed E-state index contributed by atoms with van der Waals surface area (Å²) in [6, 6.07) is 8.52. The average molecular weight is 566 g/mol. The molecule has 0 radical (unpaired) electrons. The number of benzene rings is 2. The molecule has 2 aromatic carbocycles. The molecule has 0 bridgehead atoms. The summed E-state index contributed by atoms with van der Waals surface area (Å²) in [5.41, 5.74) is 4.26. The van der Waals surface area contributed by atoms with E-state index < -0.39 is 52.0 Å².